The van der Waals surface area contributed by atoms with Crippen LogP contribution in [0.1, 0.15) is 17.9 Å². The SMILES string of the molecule is COc1cccc(NC(=O)CSC2=C(C#N)C(c3ccccc3F)CC(=O)N2)c1. The van der Waals surface area contributed by atoms with Crippen LogP contribution >= 0.6 is 11.8 Å². The standard InChI is InChI=1S/C21H18FN3O3S/c1-28-14-6-4-5-13(9-14)24-20(27)12-29-21-17(11-23)16(10-19(26)25-21)15-7-2-3-8-18(15)22/h2-9,16H,10,12H2,1H3,(H,24,27)(H,25,26). The van der Waals surface area contributed by atoms with Gasteiger partial charge in [0.25, 0.3) is 0 Å². The normalized spacial score (nSPS) is 16.0. The summed E-state index contributed by atoms with van der Waals surface area (Å²) in [4.78, 5) is 24.4. The summed E-state index contributed by atoms with van der Waals surface area (Å²) in [5.41, 5.74) is 1.10. The van der Waals surface area contributed by atoms with Crippen molar-refractivity contribution in [1.82, 2.24) is 5.32 Å². The van der Waals surface area contributed by atoms with E-state index in [4.69, 9.17) is 4.74 Å². The third kappa shape index (κ3) is 4.95. The molecule has 0 aromatic heterocycles. The third-order valence-corrected chi connectivity index (χ3v) is 5.35. The van der Waals surface area contributed by atoms with Crippen LogP contribution in [0.3, 0.4) is 0 Å². The second kappa shape index (κ2) is 9.26. The zero-order valence-corrected chi connectivity index (χ0v) is 16.4. The highest BCUT2D eigenvalue weighted by Crippen LogP contribution is 2.36. The molecule has 148 valence electrons. The molecule has 1 aliphatic rings. The zero-order valence-electron chi connectivity index (χ0n) is 15.6. The van der Waals surface area contributed by atoms with Gasteiger partial charge in [0.2, 0.25) is 11.8 Å². The van der Waals surface area contributed by atoms with Crippen LogP contribution in [-0.2, 0) is 9.59 Å². The largest absolute Gasteiger partial charge is 0.497 e. The van der Waals surface area contributed by atoms with Gasteiger partial charge in [-0.25, -0.2) is 4.39 Å². The van der Waals surface area contributed by atoms with Crippen LogP contribution < -0.4 is 15.4 Å². The summed E-state index contributed by atoms with van der Waals surface area (Å²) in [6, 6.07) is 15.1. The average Bonchev–Trinajstić information content (AvgIpc) is 2.72. The monoisotopic (exact) mass is 411 g/mol. The molecular formula is C21H18FN3O3S. The van der Waals surface area contributed by atoms with E-state index in [9.17, 15) is 19.2 Å². The van der Waals surface area contributed by atoms with Gasteiger partial charge in [-0.2, -0.15) is 5.26 Å². The van der Waals surface area contributed by atoms with Crippen LogP contribution in [0.15, 0.2) is 59.1 Å². The lowest BCUT2D eigenvalue weighted by molar-refractivity contribution is -0.121. The molecular weight excluding hydrogens is 393 g/mol. The minimum atomic E-state index is -0.682. The van der Waals surface area contributed by atoms with Gasteiger partial charge in [-0.15, -0.1) is 0 Å². The summed E-state index contributed by atoms with van der Waals surface area (Å²) < 4.78 is 19.3. The number of hydrogen-bond donors (Lipinski definition) is 2. The molecule has 2 aromatic rings. The quantitative estimate of drug-likeness (QED) is 0.759. The number of anilines is 1. The van der Waals surface area contributed by atoms with Crippen molar-refractivity contribution in [3.8, 4) is 11.8 Å². The summed E-state index contributed by atoms with van der Waals surface area (Å²) in [5, 5.41) is 15.3. The van der Waals surface area contributed by atoms with Gasteiger partial charge in [0.05, 0.1) is 29.5 Å². The number of amides is 2. The van der Waals surface area contributed by atoms with E-state index in [1.54, 1.807) is 42.5 Å². The maximum Gasteiger partial charge on any atom is 0.234 e. The van der Waals surface area contributed by atoms with E-state index >= 15 is 0 Å². The van der Waals surface area contributed by atoms with Gasteiger partial charge in [0.1, 0.15) is 11.6 Å². The molecule has 2 aromatic carbocycles. The Labute approximate surface area is 171 Å². The number of nitrogens with one attached hydrogen (secondary N) is 2. The number of nitrogens with zero attached hydrogens (tertiary/aromatic N) is 1. The first-order valence-corrected chi connectivity index (χ1v) is 9.75. The molecule has 0 bridgehead atoms. The fourth-order valence-corrected chi connectivity index (χ4v) is 3.87. The molecule has 6 nitrogen and oxygen atoms in total. The number of rotatable bonds is 6. The predicted molar refractivity (Wildman–Crippen MR) is 109 cm³/mol. The highest BCUT2D eigenvalue weighted by atomic mass is 32.2. The lowest BCUT2D eigenvalue weighted by Gasteiger charge is -2.25. The summed E-state index contributed by atoms with van der Waals surface area (Å²) >= 11 is 1.03. The van der Waals surface area contributed by atoms with E-state index in [-0.39, 0.29) is 40.2 Å². The zero-order chi connectivity index (χ0) is 20.8. The first-order valence-electron chi connectivity index (χ1n) is 8.77. The first-order chi connectivity index (χ1) is 14.0. The molecule has 2 N–H and O–H groups in total. The lowest BCUT2D eigenvalue weighted by Crippen LogP contribution is -2.31. The van der Waals surface area contributed by atoms with Crippen molar-refractivity contribution in [2.75, 3.05) is 18.2 Å². The minimum Gasteiger partial charge on any atom is -0.497 e. The highest BCUT2D eigenvalue weighted by molar-refractivity contribution is 8.03. The van der Waals surface area contributed by atoms with Gasteiger partial charge < -0.3 is 15.4 Å². The van der Waals surface area contributed by atoms with Crippen molar-refractivity contribution >= 4 is 29.3 Å². The van der Waals surface area contributed by atoms with Crippen molar-refractivity contribution in [2.45, 2.75) is 12.3 Å². The topological polar surface area (TPSA) is 91.2 Å². The van der Waals surface area contributed by atoms with Crippen LogP contribution in [0.5, 0.6) is 5.75 Å². The summed E-state index contributed by atoms with van der Waals surface area (Å²) in [6.07, 6.45) is -0.0239. The Morgan fingerprint density at radius 3 is 2.86 bits per heavy atom. The Hall–Kier alpha value is -3.31. The number of allylic oxidation sites excluding steroid dienone is 1. The molecule has 1 unspecified atom stereocenters. The van der Waals surface area contributed by atoms with E-state index in [0.717, 1.165) is 11.8 Å². The van der Waals surface area contributed by atoms with Crippen LogP contribution in [-0.4, -0.2) is 24.7 Å². The average molecular weight is 411 g/mol. The Morgan fingerprint density at radius 1 is 1.34 bits per heavy atom. The second-order valence-corrected chi connectivity index (χ2v) is 7.24. The third-order valence-electron chi connectivity index (χ3n) is 4.34. The fourth-order valence-electron chi connectivity index (χ4n) is 2.99. The van der Waals surface area contributed by atoms with E-state index in [0.29, 0.717) is 11.4 Å². The van der Waals surface area contributed by atoms with Gasteiger partial charge in [-0.3, -0.25) is 9.59 Å². The molecule has 3 rings (SSSR count). The lowest BCUT2D eigenvalue weighted by atomic mass is 9.87. The number of hydrogen-bond acceptors (Lipinski definition) is 5. The number of carbonyl (C=O) groups excluding carboxylic acids is 2. The molecule has 0 fully saturated rings. The van der Waals surface area contributed by atoms with Gasteiger partial charge in [0, 0.05) is 24.1 Å². The first kappa shape index (κ1) is 20.4. The van der Waals surface area contributed by atoms with E-state index in [1.807, 2.05) is 0 Å². The Bertz CT molecular complexity index is 1020. The van der Waals surface area contributed by atoms with Crippen molar-refractivity contribution in [3.63, 3.8) is 0 Å². The Balaban J connectivity index is 1.75. The number of ether oxygens (including phenoxy) is 1. The predicted octanol–water partition coefficient (Wildman–Crippen LogP) is 3.54. The van der Waals surface area contributed by atoms with Gasteiger partial charge >= 0.3 is 0 Å². The fraction of sp³-hybridized carbons (Fsp3) is 0.190. The number of nitriles is 1. The van der Waals surface area contributed by atoms with Gasteiger partial charge in [-0.05, 0) is 23.8 Å². The minimum absolute atomic E-state index is 0.0239. The molecule has 2 amide bonds. The van der Waals surface area contributed by atoms with Gasteiger partial charge in [0.15, 0.2) is 0 Å². The Morgan fingerprint density at radius 2 is 2.14 bits per heavy atom. The van der Waals surface area contributed by atoms with Crippen molar-refractivity contribution in [3.05, 3.63) is 70.5 Å². The molecule has 1 atom stereocenters. The van der Waals surface area contributed by atoms with E-state index < -0.39 is 11.7 Å². The van der Waals surface area contributed by atoms with Crippen molar-refractivity contribution in [1.29, 1.82) is 5.26 Å². The maximum atomic E-state index is 14.2. The van der Waals surface area contributed by atoms with Crippen LogP contribution in [0.2, 0.25) is 0 Å². The number of halogens is 1. The molecule has 0 saturated carbocycles. The molecule has 29 heavy (non-hydrogen) atoms. The molecule has 8 heteroatoms. The molecule has 1 aliphatic heterocycles. The van der Waals surface area contributed by atoms with Crippen LogP contribution in [0.25, 0.3) is 0 Å². The van der Waals surface area contributed by atoms with Crippen molar-refractivity contribution < 1.29 is 18.7 Å². The van der Waals surface area contributed by atoms with Gasteiger partial charge in [-0.1, -0.05) is 36.0 Å². The molecule has 0 aliphatic carbocycles. The molecule has 0 spiro atoms. The van der Waals surface area contributed by atoms with Crippen LogP contribution in [0, 0.1) is 17.1 Å². The summed E-state index contributed by atoms with van der Waals surface area (Å²) in [5.74, 6) is -1.21. The van der Waals surface area contributed by atoms with E-state index in [1.165, 1.54) is 13.2 Å². The summed E-state index contributed by atoms with van der Waals surface area (Å²) in [6.45, 7) is 0. The smallest absolute Gasteiger partial charge is 0.234 e. The maximum absolute atomic E-state index is 14.2. The van der Waals surface area contributed by atoms with E-state index in [2.05, 4.69) is 16.7 Å². The Kier molecular flexibility index (Phi) is 6.52. The molecule has 0 saturated heterocycles. The number of thioether (sulfide) groups is 1. The highest BCUT2D eigenvalue weighted by Gasteiger charge is 2.31. The van der Waals surface area contributed by atoms with Crippen LogP contribution in [0.4, 0.5) is 10.1 Å². The molecule has 0 radical (unpaired) electrons. The van der Waals surface area contributed by atoms with Crippen molar-refractivity contribution in [2.24, 2.45) is 0 Å². The number of benzene rings is 2. The number of carbonyl (C=O) groups is 2. The number of methoxy groups -OCH3 is 1. The molecule has 1 heterocycles. The second-order valence-electron chi connectivity index (χ2n) is 6.25. The summed E-state index contributed by atoms with van der Waals surface area (Å²) in [7, 11) is 1.53.